The van der Waals surface area contributed by atoms with Crippen molar-refractivity contribution in [1.29, 1.82) is 5.26 Å². The second-order valence-corrected chi connectivity index (χ2v) is 3.79. The number of hydrogen-bond donors (Lipinski definition) is 3. The maximum atomic E-state index is 8.47. The molecule has 8 heavy (non-hydrogen) atoms. The van der Waals surface area contributed by atoms with E-state index in [-0.39, 0.29) is 12.6 Å². The van der Waals surface area contributed by atoms with Crippen LogP contribution in [0.2, 0.25) is 0 Å². The van der Waals surface area contributed by atoms with Crippen LogP contribution >= 0.6 is 7.87 Å². The van der Waals surface area contributed by atoms with Gasteiger partial charge in [0, 0.05) is 0 Å². The van der Waals surface area contributed by atoms with Gasteiger partial charge in [0.05, 0.1) is 0 Å². The molecule has 4 nitrogen and oxygen atoms in total. The van der Waals surface area contributed by atoms with E-state index in [4.69, 9.17) is 20.6 Å². The molecule has 0 aliphatic rings. The molecule has 48 valence electrons. The molecule has 0 rings (SSSR count). The van der Waals surface area contributed by atoms with Crippen LogP contribution in [0.15, 0.2) is 0 Å². The molecule has 0 saturated heterocycles. The van der Waals surface area contributed by atoms with Crippen LogP contribution in [0.25, 0.3) is 0 Å². The van der Waals surface area contributed by atoms with Crippen LogP contribution in [0.1, 0.15) is 6.42 Å². The van der Waals surface area contributed by atoms with Crippen LogP contribution in [0.5, 0.6) is 0 Å². The zero-order valence-corrected chi connectivity index (χ0v) is 5.33. The minimum absolute atomic E-state index is 0.0312. The Morgan fingerprint density at radius 1 is 1.62 bits per heavy atom. The quantitative estimate of drug-likeness (QED) is 0.439. The molecular formula is C3H9N2O2P. The van der Waals surface area contributed by atoms with Crippen molar-refractivity contribution in [3.63, 3.8) is 0 Å². The molecule has 0 aliphatic carbocycles. The molecule has 4 N–H and O–H groups in total. The fourth-order valence-electron chi connectivity index (χ4n) is 0.240. The molecule has 0 atom stereocenters. The number of nitrogens with two attached hydrogens (primary N) is 1. The molecule has 0 amide bonds. The average Bonchev–Trinajstić information content (AvgIpc) is 1.59. The van der Waals surface area contributed by atoms with Gasteiger partial charge in [0.15, 0.2) is 0 Å². The van der Waals surface area contributed by atoms with E-state index < -0.39 is 7.87 Å². The second kappa shape index (κ2) is 2.95. The molecule has 0 aromatic carbocycles. The molecule has 0 saturated carbocycles. The van der Waals surface area contributed by atoms with Gasteiger partial charge in [-0.15, -0.1) is 0 Å². The van der Waals surface area contributed by atoms with E-state index in [2.05, 4.69) is 0 Å². The molecule has 0 spiro atoms. The Balaban J connectivity index is 3.28. The third kappa shape index (κ3) is 5.80. The van der Waals surface area contributed by atoms with Gasteiger partial charge in [-0.3, -0.25) is 0 Å². The SMILES string of the molecule is N#CCC[PH](N)(O)O. The first-order valence-corrected chi connectivity index (χ1v) is 4.35. The van der Waals surface area contributed by atoms with E-state index in [1.807, 2.05) is 0 Å². The fraction of sp³-hybridized carbons (Fsp3) is 0.667. The van der Waals surface area contributed by atoms with Crippen LogP contribution in [0.4, 0.5) is 0 Å². The Bertz CT molecular complexity index is 103. The van der Waals surface area contributed by atoms with Gasteiger partial charge < -0.3 is 0 Å². The number of rotatable bonds is 2. The van der Waals surface area contributed by atoms with Crippen LogP contribution in [0, 0.1) is 11.3 Å². The summed E-state index contributed by atoms with van der Waals surface area (Å²) >= 11 is 0. The van der Waals surface area contributed by atoms with Crippen LogP contribution in [-0.2, 0) is 0 Å². The van der Waals surface area contributed by atoms with Crippen molar-refractivity contribution in [2.75, 3.05) is 6.16 Å². The molecule has 0 radical (unpaired) electrons. The average molecular weight is 136 g/mol. The van der Waals surface area contributed by atoms with Crippen LogP contribution < -0.4 is 5.50 Å². The number of hydrogen-bond acceptors (Lipinski definition) is 4. The van der Waals surface area contributed by atoms with Crippen molar-refractivity contribution in [3.05, 3.63) is 0 Å². The molecule has 0 unspecified atom stereocenters. The summed E-state index contributed by atoms with van der Waals surface area (Å²) < 4.78 is 0. The topological polar surface area (TPSA) is 90.3 Å². The van der Waals surface area contributed by atoms with Crippen LogP contribution in [-0.4, -0.2) is 15.9 Å². The first-order chi connectivity index (χ1) is 3.56. The van der Waals surface area contributed by atoms with Gasteiger partial charge in [-0.1, -0.05) is 0 Å². The van der Waals surface area contributed by atoms with Crippen LogP contribution in [0.3, 0.4) is 0 Å². The Morgan fingerprint density at radius 3 is 2.25 bits per heavy atom. The van der Waals surface area contributed by atoms with Gasteiger partial charge in [-0.2, -0.15) is 0 Å². The first kappa shape index (κ1) is 7.80. The summed E-state index contributed by atoms with van der Waals surface area (Å²) in [5.74, 6) is 0. The van der Waals surface area contributed by atoms with E-state index in [1.54, 1.807) is 6.07 Å². The molecule has 0 bridgehead atoms. The minimum atomic E-state index is -3.40. The van der Waals surface area contributed by atoms with Gasteiger partial charge in [-0.25, -0.2) is 0 Å². The van der Waals surface area contributed by atoms with Crippen molar-refractivity contribution in [2.24, 2.45) is 5.50 Å². The Labute approximate surface area is 48.1 Å². The predicted molar refractivity (Wildman–Crippen MR) is 32.0 cm³/mol. The summed E-state index contributed by atoms with van der Waals surface area (Å²) in [7, 11) is -3.40. The standard InChI is InChI=1S/C3H9N2O2P/c4-2-1-3-8(5,6)7/h6-8H,1,3,5H2. The number of nitriles is 1. The third-order valence-corrected chi connectivity index (χ3v) is 1.59. The fourth-order valence-corrected chi connectivity index (χ4v) is 0.720. The van der Waals surface area contributed by atoms with Crippen molar-refractivity contribution in [2.45, 2.75) is 6.42 Å². The predicted octanol–water partition coefficient (Wildman–Crippen LogP) is -0.662. The van der Waals surface area contributed by atoms with Crippen molar-refractivity contribution < 1.29 is 9.79 Å². The van der Waals surface area contributed by atoms with E-state index in [0.717, 1.165) is 0 Å². The second-order valence-electron chi connectivity index (χ2n) is 1.54. The molecule has 0 aromatic rings. The van der Waals surface area contributed by atoms with Gasteiger partial charge in [0.25, 0.3) is 0 Å². The summed E-state index contributed by atoms with van der Waals surface area (Å²) in [5.41, 5.74) is 4.82. The van der Waals surface area contributed by atoms with Gasteiger partial charge in [0.1, 0.15) is 0 Å². The normalized spacial score (nSPS) is 12.8. The van der Waals surface area contributed by atoms with E-state index >= 15 is 0 Å². The summed E-state index contributed by atoms with van der Waals surface area (Å²) in [6, 6.07) is 1.76. The van der Waals surface area contributed by atoms with E-state index in [0.29, 0.717) is 0 Å². The summed E-state index contributed by atoms with van der Waals surface area (Å²) in [6.07, 6.45) is 0.152. The molecule has 0 aliphatic heterocycles. The Morgan fingerprint density at radius 2 is 2.12 bits per heavy atom. The maximum absolute atomic E-state index is 8.47. The monoisotopic (exact) mass is 136 g/mol. The zero-order valence-electron chi connectivity index (χ0n) is 4.33. The summed E-state index contributed by atoms with van der Waals surface area (Å²) in [4.78, 5) is 16.9. The molecule has 5 heteroatoms. The molecule has 0 fully saturated rings. The van der Waals surface area contributed by atoms with Crippen molar-refractivity contribution in [1.82, 2.24) is 0 Å². The van der Waals surface area contributed by atoms with Gasteiger partial charge in [0.2, 0.25) is 0 Å². The van der Waals surface area contributed by atoms with Gasteiger partial charge in [-0.05, 0) is 0 Å². The molecular weight excluding hydrogens is 127 g/mol. The Hall–Kier alpha value is -0.200. The van der Waals surface area contributed by atoms with Gasteiger partial charge >= 0.3 is 47.1 Å². The summed E-state index contributed by atoms with van der Waals surface area (Å²) in [5, 5.41) is 7.92. The van der Waals surface area contributed by atoms with E-state index in [9.17, 15) is 0 Å². The van der Waals surface area contributed by atoms with Crippen molar-refractivity contribution in [3.8, 4) is 6.07 Å². The molecule has 0 heterocycles. The Kier molecular flexibility index (Phi) is 2.88. The summed E-state index contributed by atoms with van der Waals surface area (Å²) in [6.45, 7) is 0. The third-order valence-electron chi connectivity index (χ3n) is 0.605. The zero-order chi connectivity index (χ0) is 6.62. The first-order valence-electron chi connectivity index (χ1n) is 2.17. The van der Waals surface area contributed by atoms with E-state index in [1.165, 1.54) is 0 Å². The number of nitrogens with zero attached hydrogens (tertiary/aromatic N) is 1. The molecule has 0 aromatic heterocycles. The van der Waals surface area contributed by atoms with Crippen molar-refractivity contribution >= 4 is 7.87 Å².